The third kappa shape index (κ3) is 1.40. The highest BCUT2D eigenvalue weighted by Crippen LogP contribution is 2.27. The standard InChI is InChI=1S/C11H14N2O/c1-7-3-2-4-10-9(7)5-8(6-12)11(14)13-10/h2-4,8H,5-6,12H2,1H3,(H,13,14). The smallest absolute Gasteiger partial charge is 0.229 e. The van der Waals surface area contributed by atoms with Crippen LogP contribution in [-0.2, 0) is 11.2 Å². The monoisotopic (exact) mass is 190 g/mol. The molecule has 0 spiro atoms. The quantitative estimate of drug-likeness (QED) is 0.695. The molecule has 3 N–H and O–H groups in total. The molecule has 74 valence electrons. The minimum Gasteiger partial charge on any atom is -0.330 e. The lowest BCUT2D eigenvalue weighted by Crippen LogP contribution is -2.35. The van der Waals surface area contributed by atoms with Crippen LogP contribution >= 0.6 is 0 Å². The molecule has 1 aromatic rings. The van der Waals surface area contributed by atoms with Gasteiger partial charge in [-0.15, -0.1) is 0 Å². The molecule has 0 radical (unpaired) electrons. The molecule has 1 amide bonds. The number of nitrogens with two attached hydrogens (primary N) is 1. The van der Waals surface area contributed by atoms with Crippen molar-refractivity contribution < 1.29 is 4.79 Å². The van der Waals surface area contributed by atoms with Gasteiger partial charge in [0.1, 0.15) is 0 Å². The van der Waals surface area contributed by atoms with Crippen LogP contribution in [0.2, 0.25) is 0 Å². The number of anilines is 1. The predicted octanol–water partition coefficient (Wildman–Crippen LogP) is 1.06. The first kappa shape index (κ1) is 9.21. The highest BCUT2D eigenvalue weighted by Gasteiger charge is 2.25. The van der Waals surface area contributed by atoms with Crippen molar-refractivity contribution in [3.8, 4) is 0 Å². The molecule has 1 aliphatic rings. The summed E-state index contributed by atoms with van der Waals surface area (Å²) in [5, 5.41) is 2.88. The second-order valence-corrected chi connectivity index (χ2v) is 3.73. The Bertz CT molecular complexity index is 374. The van der Waals surface area contributed by atoms with E-state index in [4.69, 9.17) is 5.73 Å². The number of benzene rings is 1. The zero-order valence-electron chi connectivity index (χ0n) is 8.21. The maximum atomic E-state index is 11.5. The molecule has 0 bridgehead atoms. The Hall–Kier alpha value is -1.35. The van der Waals surface area contributed by atoms with E-state index in [0.717, 1.165) is 12.1 Å². The van der Waals surface area contributed by atoms with Crippen molar-refractivity contribution in [2.24, 2.45) is 11.7 Å². The average molecular weight is 190 g/mol. The summed E-state index contributed by atoms with van der Waals surface area (Å²) in [6.07, 6.45) is 0.768. The Morgan fingerprint density at radius 3 is 3.07 bits per heavy atom. The van der Waals surface area contributed by atoms with E-state index in [1.54, 1.807) is 0 Å². The van der Waals surface area contributed by atoms with E-state index in [0.29, 0.717) is 6.54 Å². The van der Waals surface area contributed by atoms with Crippen LogP contribution in [0.25, 0.3) is 0 Å². The van der Waals surface area contributed by atoms with Crippen molar-refractivity contribution in [1.29, 1.82) is 0 Å². The molecule has 2 rings (SSSR count). The zero-order valence-corrected chi connectivity index (χ0v) is 8.21. The minimum atomic E-state index is -0.0661. The van der Waals surface area contributed by atoms with Crippen LogP contribution in [0.1, 0.15) is 11.1 Å². The molecule has 1 atom stereocenters. The summed E-state index contributed by atoms with van der Waals surface area (Å²) in [5.74, 6) is -0.0193. The van der Waals surface area contributed by atoms with Crippen molar-refractivity contribution >= 4 is 11.6 Å². The zero-order chi connectivity index (χ0) is 10.1. The Morgan fingerprint density at radius 2 is 2.36 bits per heavy atom. The number of amides is 1. The first-order valence-electron chi connectivity index (χ1n) is 4.82. The van der Waals surface area contributed by atoms with Gasteiger partial charge < -0.3 is 11.1 Å². The van der Waals surface area contributed by atoms with Gasteiger partial charge in [0.2, 0.25) is 5.91 Å². The topological polar surface area (TPSA) is 55.1 Å². The van der Waals surface area contributed by atoms with Gasteiger partial charge in [-0.2, -0.15) is 0 Å². The first-order valence-corrected chi connectivity index (χ1v) is 4.82. The van der Waals surface area contributed by atoms with Crippen LogP contribution < -0.4 is 11.1 Å². The van der Waals surface area contributed by atoms with Crippen LogP contribution in [-0.4, -0.2) is 12.5 Å². The molecule has 1 unspecified atom stereocenters. The molecule has 1 heterocycles. The van der Waals surface area contributed by atoms with E-state index in [2.05, 4.69) is 18.3 Å². The van der Waals surface area contributed by atoms with Crippen LogP contribution in [0.3, 0.4) is 0 Å². The van der Waals surface area contributed by atoms with Crippen molar-refractivity contribution in [2.45, 2.75) is 13.3 Å². The fourth-order valence-corrected chi connectivity index (χ4v) is 1.85. The number of aryl methyl sites for hydroxylation is 1. The summed E-state index contributed by atoms with van der Waals surface area (Å²) in [5.41, 5.74) is 8.93. The van der Waals surface area contributed by atoms with Crippen molar-refractivity contribution in [1.82, 2.24) is 0 Å². The average Bonchev–Trinajstić information content (AvgIpc) is 2.17. The van der Waals surface area contributed by atoms with E-state index >= 15 is 0 Å². The number of nitrogens with one attached hydrogen (secondary N) is 1. The molecule has 0 fully saturated rings. The van der Waals surface area contributed by atoms with Gasteiger partial charge in [-0.25, -0.2) is 0 Å². The van der Waals surface area contributed by atoms with Crippen LogP contribution in [0.5, 0.6) is 0 Å². The van der Waals surface area contributed by atoms with E-state index in [-0.39, 0.29) is 11.8 Å². The molecule has 1 aliphatic heterocycles. The number of fused-ring (bicyclic) bond motifs is 1. The molecular weight excluding hydrogens is 176 g/mol. The summed E-state index contributed by atoms with van der Waals surface area (Å²) < 4.78 is 0. The van der Waals surface area contributed by atoms with Gasteiger partial charge in [0, 0.05) is 12.2 Å². The van der Waals surface area contributed by atoms with Gasteiger partial charge in [-0.3, -0.25) is 4.79 Å². The third-order valence-corrected chi connectivity index (χ3v) is 2.77. The fourth-order valence-electron chi connectivity index (χ4n) is 1.85. The molecule has 0 saturated heterocycles. The fraction of sp³-hybridized carbons (Fsp3) is 0.364. The Balaban J connectivity index is 2.40. The van der Waals surface area contributed by atoms with Gasteiger partial charge in [-0.1, -0.05) is 12.1 Å². The third-order valence-electron chi connectivity index (χ3n) is 2.77. The van der Waals surface area contributed by atoms with E-state index < -0.39 is 0 Å². The summed E-state index contributed by atoms with van der Waals surface area (Å²) in [6.45, 7) is 2.48. The lowest BCUT2D eigenvalue weighted by molar-refractivity contribution is -0.119. The number of rotatable bonds is 1. The molecule has 3 heteroatoms. The van der Waals surface area contributed by atoms with E-state index in [9.17, 15) is 4.79 Å². The Labute approximate surface area is 83.3 Å². The van der Waals surface area contributed by atoms with Gasteiger partial charge in [0.15, 0.2) is 0 Å². The summed E-state index contributed by atoms with van der Waals surface area (Å²) in [6, 6.07) is 5.95. The first-order chi connectivity index (χ1) is 6.72. The van der Waals surface area contributed by atoms with E-state index in [1.807, 2.05) is 12.1 Å². The summed E-state index contributed by atoms with van der Waals surface area (Å²) in [7, 11) is 0. The molecule has 0 saturated carbocycles. The van der Waals surface area contributed by atoms with Gasteiger partial charge in [0.25, 0.3) is 0 Å². The molecule has 3 nitrogen and oxygen atoms in total. The van der Waals surface area contributed by atoms with Crippen LogP contribution in [0.4, 0.5) is 5.69 Å². The SMILES string of the molecule is Cc1cccc2c1CC(CN)C(=O)N2. The Kier molecular flexibility index (Phi) is 2.25. The van der Waals surface area contributed by atoms with Crippen LogP contribution in [0.15, 0.2) is 18.2 Å². The Morgan fingerprint density at radius 1 is 1.57 bits per heavy atom. The maximum Gasteiger partial charge on any atom is 0.229 e. The lowest BCUT2D eigenvalue weighted by atomic mass is 9.90. The van der Waals surface area contributed by atoms with Crippen molar-refractivity contribution in [3.63, 3.8) is 0 Å². The van der Waals surface area contributed by atoms with Gasteiger partial charge in [0.05, 0.1) is 5.92 Å². The number of carbonyl (C=O) groups excluding carboxylic acids is 1. The highest BCUT2D eigenvalue weighted by molar-refractivity contribution is 5.96. The summed E-state index contributed by atoms with van der Waals surface area (Å²) in [4.78, 5) is 11.5. The molecule has 14 heavy (non-hydrogen) atoms. The van der Waals surface area contributed by atoms with Gasteiger partial charge in [-0.05, 0) is 30.5 Å². The lowest BCUT2D eigenvalue weighted by Gasteiger charge is -2.24. The normalized spacial score (nSPS) is 20.1. The molecular formula is C11H14N2O. The summed E-state index contributed by atoms with van der Waals surface area (Å²) >= 11 is 0. The predicted molar refractivity (Wildman–Crippen MR) is 56.1 cm³/mol. The molecule has 0 aliphatic carbocycles. The largest absolute Gasteiger partial charge is 0.330 e. The maximum absolute atomic E-state index is 11.5. The van der Waals surface area contributed by atoms with Crippen LogP contribution in [0, 0.1) is 12.8 Å². The van der Waals surface area contributed by atoms with Crippen molar-refractivity contribution in [2.75, 3.05) is 11.9 Å². The number of carbonyl (C=O) groups is 1. The van der Waals surface area contributed by atoms with Crippen molar-refractivity contribution in [3.05, 3.63) is 29.3 Å². The van der Waals surface area contributed by atoms with E-state index in [1.165, 1.54) is 11.1 Å². The van der Waals surface area contributed by atoms with Gasteiger partial charge >= 0.3 is 0 Å². The number of hydrogen-bond acceptors (Lipinski definition) is 2. The molecule has 1 aromatic carbocycles. The molecule has 0 aromatic heterocycles. The highest BCUT2D eigenvalue weighted by atomic mass is 16.1. The second-order valence-electron chi connectivity index (χ2n) is 3.73. The minimum absolute atomic E-state index is 0.0469. The second kappa shape index (κ2) is 3.42. The number of hydrogen-bond donors (Lipinski definition) is 2.